The molecular formula is C27H38FN3O5S. The van der Waals surface area contributed by atoms with Crippen LogP contribution >= 0.6 is 0 Å². The number of hydrogen-bond donors (Lipinski definition) is 1. The number of ether oxygens (including phenoxy) is 1. The van der Waals surface area contributed by atoms with Gasteiger partial charge in [0.25, 0.3) is 0 Å². The molecule has 1 N–H and O–H groups in total. The molecule has 2 aromatic rings. The third-order valence-electron chi connectivity index (χ3n) is 5.83. The van der Waals surface area contributed by atoms with Gasteiger partial charge in [0, 0.05) is 26.1 Å². The van der Waals surface area contributed by atoms with Gasteiger partial charge < -0.3 is 15.0 Å². The van der Waals surface area contributed by atoms with Crippen LogP contribution in [0.5, 0.6) is 5.75 Å². The lowest BCUT2D eigenvalue weighted by atomic mass is 10.1. The standard InChI is InChI=1S/C27H38FN3O5S/c1-6-24(27(33)29-18-20(2)3)30(19-21-11-9-12-22(17-21)36-4)26(32)15-10-16-31(37(5,34)35)25-14-8-7-13-23(25)28/h7-9,11-14,17,20,24H,6,10,15-16,18-19H2,1-5H3,(H,29,33). The number of halogens is 1. The fraction of sp³-hybridized carbons (Fsp3) is 0.481. The summed E-state index contributed by atoms with van der Waals surface area (Å²) in [5.74, 6) is -0.306. The van der Waals surface area contributed by atoms with Crippen molar-refractivity contribution in [1.82, 2.24) is 10.2 Å². The van der Waals surface area contributed by atoms with Crippen LogP contribution in [0.2, 0.25) is 0 Å². The molecule has 2 aromatic carbocycles. The molecule has 0 aliphatic rings. The van der Waals surface area contributed by atoms with Crippen LogP contribution in [0.25, 0.3) is 0 Å². The molecule has 0 saturated heterocycles. The maximum absolute atomic E-state index is 14.3. The van der Waals surface area contributed by atoms with Gasteiger partial charge in [0.05, 0.1) is 19.1 Å². The molecule has 2 rings (SSSR count). The van der Waals surface area contributed by atoms with E-state index in [-0.39, 0.29) is 49.4 Å². The Bertz CT molecular complexity index is 1160. The number of hydrogen-bond acceptors (Lipinski definition) is 5. The van der Waals surface area contributed by atoms with E-state index in [1.165, 1.54) is 23.1 Å². The quantitative estimate of drug-likeness (QED) is 0.395. The van der Waals surface area contributed by atoms with Crippen molar-refractivity contribution in [1.29, 1.82) is 0 Å². The van der Waals surface area contributed by atoms with E-state index in [0.717, 1.165) is 16.1 Å². The fourth-order valence-electron chi connectivity index (χ4n) is 3.95. The summed E-state index contributed by atoms with van der Waals surface area (Å²) >= 11 is 0. The lowest BCUT2D eigenvalue weighted by Crippen LogP contribution is -2.49. The SMILES string of the molecule is CCC(C(=O)NCC(C)C)N(Cc1cccc(OC)c1)C(=O)CCCN(c1ccccc1F)S(C)(=O)=O. The van der Waals surface area contributed by atoms with Gasteiger partial charge in [0.1, 0.15) is 17.6 Å². The van der Waals surface area contributed by atoms with Gasteiger partial charge in [-0.2, -0.15) is 0 Å². The molecule has 1 unspecified atom stereocenters. The minimum absolute atomic E-state index is 0.0155. The topological polar surface area (TPSA) is 96.0 Å². The van der Waals surface area contributed by atoms with E-state index < -0.39 is 21.9 Å². The average Bonchev–Trinajstić information content (AvgIpc) is 2.85. The number of anilines is 1. The van der Waals surface area contributed by atoms with Gasteiger partial charge in [0.15, 0.2) is 0 Å². The van der Waals surface area contributed by atoms with Crippen molar-refractivity contribution in [3.05, 3.63) is 59.9 Å². The Morgan fingerprint density at radius 2 is 1.81 bits per heavy atom. The third-order valence-corrected chi connectivity index (χ3v) is 7.01. The van der Waals surface area contributed by atoms with Crippen LogP contribution in [0.1, 0.15) is 45.6 Å². The predicted molar refractivity (Wildman–Crippen MR) is 143 cm³/mol. The van der Waals surface area contributed by atoms with Crippen LogP contribution in [-0.4, -0.2) is 57.6 Å². The Morgan fingerprint density at radius 3 is 2.41 bits per heavy atom. The van der Waals surface area contributed by atoms with Gasteiger partial charge >= 0.3 is 0 Å². The minimum atomic E-state index is -3.77. The molecule has 0 aliphatic carbocycles. The predicted octanol–water partition coefficient (Wildman–Crippen LogP) is 3.96. The summed E-state index contributed by atoms with van der Waals surface area (Å²) < 4.78 is 45.3. The van der Waals surface area contributed by atoms with Crippen LogP contribution in [0.3, 0.4) is 0 Å². The minimum Gasteiger partial charge on any atom is -0.497 e. The Hall–Kier alpha value is -3.14. The van der Waals surface area contributed by atoms with Gasteiger partial charge in [-0.1, -0.05) is 45.0 Å². The molecule has 0 radical (unpaired) electrons. The molecule has 0 heterocycles. The van der Waals surface area contributed by atoms with Gasteiger partial charge in [-0.05, 0) is 48.6 Å². The summed E-state index contributed by atoms with van der Waals surface area (Å²) in [5, 5.41) is 2.91. The van der Waals surface area contributed by atoms with E-state index in [1.807, 2.05) is 39.0 Å². The number of para-hydroxylation sites is 1. The smallest absolute Gasteiger partial charge is 0.242 e. The molecule has 0 aliphatic heterocycles. The summed E-state index contributed by atoms with van der Waals surface area (Å²) in [6.45, 7) is 6.42. The van der Waals surface area contributed by atoms with Crippen molar-refractivity contribution in [3.8, 4) is 5.75 Å². The van der Waals surface area contributed by atoms with Gasteiger partial charge in [-0.15, -0.1) is 0 Å². The molecule has 0 spiro atoms. The number of sulfonamides is 1. The Kier molecular flexibility index (Phi) is 11.4. The molecule has 1 atom stereocenters. The van der Waals surface area contributed by atoms with Crippen LogP contribution in [-0.2, 0) is 26.2 Å². The zero-order valence-electron chi connectivity index (χ0n) is 22.2. The number of methoxy groups -OCH3 is 1. The maximum atomic E-state index is 14.3. The van der Waals surface area contributed by atoms with Crippen molar-refractivity contribution >= 4 is 27.5 Å². The molecule has 37 heavy (non-hydrogen) atoms. The first-order chi connectivity index (χ1) is 17.5. The summed E-state index contributed by atoms with van der Waals surface area (Å²) in [6.07, 6.45) is 1.55. The van der Waals surface area contributed by atoms with Crippen molar-refractivity contribution in [2.45, 2.75) is 52.6 Å². The number of benzene rings is 2. The van der Waals surface area contributed by atoms with Crippen molar-refractivity contribution in [2.75, 3.05) is 30.8 Å². The normalized spacial score (nSPS) is 12.2. The zero-order valence-corrected chi connectivity index (χ0v) is 23.1. The second kappa shape index (κ2) is 14.0. The number of carbonyl (C=O) groups is 2. The Morgan fingerprint density at radius 1 is 1.11 bits per heavy atom. The highest BCUT2D eigenvalue weighted by Crippen LogP contribution is 2.23. The second-order valence-corrected chi connectivity index (χ2v) is 11.2. The lowest BCUT2D eigenvalue weighted by Gasteiger charge is -2.31. The number of nitrogens with one attached hydrogen (secondary N) is 1. The van der Waals surface area contributed by atoms with Crippen LogP contribution in [0, 0.1) is 11.7 Å². The number of carbonyl (C=O) groups excluding carboxylic acids is 2. The summed E-state index contributed by atoms with van der Waals surface area (Å²) in [5.41, 5.74) is 0.733. The molecule has 0 fully saturated rings. The monoisotopic (exact) mass is 535 g/mol. The molecule has 0 saturated carbocycles. The molecule has 8 nitrogen and oxygen atoms in total. The van der Waals surface area contributed by atoms with Gasteiger partial charge in [-0.3, -0.25) is 13.9 Å². The number of nitrogens with zero attached hydrogens (tertiary/aromatic N) is 2. The Balaban J connectivity index is 2.24. The molecule has 0 aromatic heterocycles. The number of amides is 2. The Labute approximate surface area is 219 Å². The van der Waals surface area contributed by atoms with Crippen LogP contribution < -0.4 is 14.4 Å². The molecular weight excluding hydrogens is 497 g/mol. The first-order valence-electron chi connectivity index (χ1n) is 12.4. The van der Waals surface area contributed by atoms with E-state index in [2.05, 4.69) is 5.32 Å². The average molecular weight is 536 g/mol. The van der Waals surface area contributed by atoms with Crippen LogP contribution in [0.15, 0.2) is 48.5 Å². The fourth-order valence-corrected chi connectivity index (χ4v) is 4.91. The highest BCUT2D eigenvalue weighted by atomic mass is 32.2. The summed E-state index contributed by atoms with van der Waals surface area (Å²) in [6, 6.07) is 12.2. The lowest BCUT2D eigenvalue weighted by molar-refractivity contribution is -0.141. The summed E-state index contributed by atoms with van der Waals surface area (Å²) in [4.78, 5) is 28.0. The highest BCUT2D eigenvalue weighted by molar-refractivity contribution is 7.92. The van der Waals surface area contributed by atoms with Crippen LogP contribution in [0.4, 0.5) is 10.1 Å². The number of rotatable bonds is 14. The highest BCUT2D eigenvalue weighted by Gasteiger charge is 2.29. The van der Waals surface area contributed by atoms with Crippen molar-refractivity contribution in [2.24, 2.45) is 5.92 Å². The van der Waals surface area contributed by atoms with E-state index in [0.29, 0.717) is 18.7 Å². The zero-order chi connectivity index (χ0) is 27.6. The molecule has 204 valence electrons. The second-order valence-electron chi connectivity index (χ2n) is 9.33. The molecule has 2 amide bonds. The van der Waals surface area contributed by atoms with Gasteiger partial charge in [0.2, 0.25) is 21.8 Å². The van der Waals surface area contributed by atoms with E-state index >= 15 is 0 Å². The maximum Gasteiger partial charge on any atom is 0.242 e. The van der Waals surface area contributed by atoms with E-state index in [9.17, 15) is 22.4 Å². The summed E-state index contributed by atoms with van der Waals surface area (Å²) in [7, 11) is -2.22. The molecule has 10 heteroatoms. The molecule has 0 bridgehead atoms. The van der Waals surface area contributed by atoms with E-state index in [4.69, 9.17) is 4.74 Å². The van der Waals surface area contributed by atoms with Crippen molar-refractivity contribution < 1.29 is 27.1 Å². The first-order valence-corrected chi connectivity index (χ1v) is 14.2. The largest absolute Gasteiger partial charge is 0.497 e. The van der Waals surface area contributed by atoms with Crippen molar-refractivity contribution in [3.63, 3.8) is 0 Å². The van der Waals surface area contributed by atoms with E-state index in [1.54, 1.807) is 19.2 Å². The third kappa shape index (κ3) is 9.03. The van der Waals surface area contributed by atoms with Gasteiger partial charge in [-0.25, -0.2) is 12.8 Å². The first kappa shape index (κ1) is 30.1.